The van der Waals surface area contributed by atoms with Gasteiger partial charge in [0.15, 0.2) is 0 Å². The summed E-state index contributed by atoms with van der Waals surface area (Å²) in [6.45, 7) is 9.92. The molecular weight excluding hydrogens is 318 g/mol. The van der Waals surface area contributed by atoms with Crippen molar-refractivity contribution in [1.82, 2.24) is 5.32 Å². The first kappa shape index (κ1) is 21.3. The van der Waals surface area contributed by atoms with Crippen molar-refractivity contribution in [3.8, 4) is 5.75 Å². The Hall–Kier alpha value is -1.75. The summed E-state index contributed by atoms with van der Waals surface area (Å²) in [7, 11) is 1.65. The van der Waals surface area contributed by atoms with Gasteiger partial charge in [-0.05, 0) is 52.2 Å². The Balaban J connectivity index is 2.95. The quantitative estimate of drug-likeness (QED) is 0.746. The first-order chi connectivity index (χ1) is 11.6. The fourth-order valence-corrected chi connectivity index (χ4v) is 2.98. The second-order valence-corrected chi connectivity index (χ2v) is 7.76. The predicted molar refractivity (Wildman–Crippen MR) is 100 cm³/mol. The largest absolute Gasteiger partial charge is 0.496 e. The number of aliphatic hydroxyl groups excluding tert-OH is 1. The molecule has 0 radical (unpaired) electrons. The van der Waals surface area contributed by atoms with Gasteiger partial charge in [-0.3, -0.25) is 0 Å². The molecule has 1 aromatic rings. The van der Waals surface area contributed by atoms with Gasteiger partial charge >= 0.3 is 6.09 Å². The predicted octanol–water partition coefficient (Wildman–Crippen LogP) is 3.85. The molecule has 1 rings (SSSR count). The SMILES string of the molecule is CCCC(CO)(CNC(=O)OC(C)(C)C)Cc1cc(C)ccc1OC. The molecule has 1 atom stereocenters. The standard InChI is InChI=1S/C20H33NO4/c1-7-10-20(14-22,13-21-18(23)25-19(3,4)5)12-16-11-15(2)8-9-17(16)24-6/h8-9,11,22H,7,10,12-14H2,1-6H3,(H,21,23). The van der Waals surface area contributed by atoms with Crippen molar-refractivity contribution in [2.45, 2.75) is 59.5 Å². The van der Waals surface area contributed by atoms with Gasteiger partial charge < -0.3 is 19.9 Å². The zero-order valence-corrected chi connectivity index (χ0v) is 16.4. The van der Waals surface area contributed by atoms with E-state index >= 15 is 0 Å². The Morgan fingerprint density at radius 1 is 1.28 bits per heavy atom. The average molecular weight is 351 g/mol. The second kappa shape index (κ2) is 9.09. The fraction of sp³-hybridized carbons (Fsp3) is 0.650. The van der Waals surface area contributed by atoms with Gasteiger partial charge in [-0.2, -0.15) is 0 Å². The van der Waals surface area contributed by atoms with E-state index in [2.05, 4.69) is 18.3 Å². The van der Waals surface area contributed by atoms with Gasteiger partial charge in [0.1, 0.15) is 11.4 Å². The monoisotopic (exact) mass is 351 g/mol. The van der Waals surface area contributed by atoms with Crippen LogP contribution in [0.3, 0.4) is 0 Å². The topological polar surface area (TPSA) is 67.8 Å². The van der Waals surface area contributed by atoms with E-state index in [0.717, 1.165) is 29.7 Å². The van der Waals surface area contributed by atoms with Gasteiger partial charge in [-0.15, -0.1) is 0 Å². The molecular formula is C20H33NO4. The number of carbonyl (C=O) groups is 1. The van der Waals surface area contributed by atoms with Crippen LogP contribution in [-0.4, -0.2) is 37.1 Å². The van der Waals surface area contributed by atoms with Crippen molar-refractivity contribution < 1.29 is 19.4 Å². The minimum atomic E-state index is -0.545. The number of hydrogen-bond acceptors (Lipinski definition) is 4. The summed E-state index contributed by atoms with van der Waals surface area (Å²) >= 11 is 0. The molecule has 0 aliphatic carbocycles. The Labute approximate surface area is 151 Å². The van der Waals surface area contributed by atoms with Crippen LogP contribution in [-0.2, 0) is 11.2 Å². The molecule has 142 valence electrons. The zero-order chi connectivity index (χ0) is 19.1. The number of hydrogen-bond donors (Lipinski definition) is 2. The summed E-state index contributed by atoms with van der Waals surface area (Å²) < 4.78 is 10.8. The van der Waals surface area contributed by atoms with Crippen molar-refractivity contribution in [2.24, 2.45) is 5.41 Å². The molecule has 1 amide bonds. The molecule has 0 bridgehead atoms. The molecule has 1 unspecified atom stereocenters. The van der Waals surface area contributed by atoms with Gasteiger partial charge in [-0.1, -0.05) is 31.0 Å². The van der Waals surface area contributed by atoms with E-state index in [-0.39, 0.29) is 6.61 Å². The summed E-state index contributed by atoms with van der Waals surface area (Å²) in [6, 6.07) is 6.02. The highest BCUT2D eigenvalue weighted by Crippen LogP contribution is 2.32. The third-order valence-electron chi connectivity index (χ3n) is 4.12. The molecule has 0 fully saturated rings. The van der Waals surface area contributed by atoms with Crippen LogP contribution in [0.15, 0.2) is 18.2 Å². The van der Waals surface area contributed by atoms with Crippen molar-refractivity contribution in [2.75, 3.05) is 20.3 Å². The molecule has 0 spiro atoms. The number of benzene rings is 1. The molecule has 0 aromatic heterocycles. The van der Waals surface area contributed by atoms with Gasteiger partial charge in [-0.25, -0.2) is 4.79 Å². The van der Waals surface area contributed by atoms with Crippen molar-refractivity contribution in [3.05, 3.63) is 29.3 Å². The summed E-state index contributed by atoms with van der Waals surface area (Å²) in [4.78, 5) is 12.0. The number of carbonyl (C=O) groups excluding carboxylic acids is 1. The fourth-order valence-electron chi connectivity index (χ4n) is 2.98. The van der Waals surface area contributed by atoms with E-state index < -0.39 is 17.1 Å². The highest BCUT2D eigenvalue weighted by atomic mass is 16.6. The molecule has 25 heavy (non-hydrogen) atoms. The van der Waals surface area contributed by atoms with Gasteiger partial charge in [0, 0.05) is 12.0 Å². The number of aliphatic hydroxyl groups is 1. The highest BCUT2D eigenvalue weighted by molar-refractivity contribution is 5.67. The molecule has 0 saturated heterocycles. The minimum Gasteiger partial charge on any atom is -0.496 e. The second-order valence-electron chi connectivity index (χ2n) is 7.76. The molecule has 0 aliphatic rings. The van der Waals surface area contributed by atoms with Crippen molar-refractivity contribution in [1.29, 1.82) is 0 Å². The first-order valence-corrected chi connectivity index (χ1v) is 8.86. The van der Waals surface area contributed by atoms with E-state index in [1.54, 1.807) is 7.11 Å². The van der Waals surface area contributed by atoms with Crippen LogP contribution in [0.4, 0.5) is 4.79 Å². The summed E-state index contributed by atoms with van der Waals surface area (Å²) in [5.41, 5.74) is 1.18. The van der Waals surface area contributed by atoms with E-state index in [0.29, 0.717) is 13.0 Å². The van der Waals surface area contributed by atoms with Crippen molar-refractivity contribution >= 4 is 6.09 Å². The van der Waals surface area contributed by atoms with Crippen LogP contribution in [0.1, 0.15) is 51.7 Å². The Kier molecular flexibility index (Phi) is 7.74. The van der Waals surface area contributed by atoms with Crippen LogP contribution >= 0.6 is 0 Å². The van der Waals surface area contributed by atoms with Gasteiger partial charge in [0.05, 0.1) is 13.7 Å². The van der Waals surface area contributed by atoms with Gasteiger partial charge in [0.2, 0.25) is 0 Å². The lowest BCUT2D eigenvalue weighted by atomic mass is 9.78. The summed E-state index contributed by atoms with van der Waals surface area (Å²) in [5, 5.41) is 12.9. The van der Waals surface area contributed by atoms with E-state index in [4.69, 9.17) is 9.47 Å². The molecule has 1 aromatic carbocycles. The smallest absolute Gasteiger partial charge is 0.407 e. The lowest BCUT2D eigenvalue weighted by Crippen LogP contribution is -2.43. The summed E-state index contributed by atoms with van der Waals surface area (Å²) in [5.74, 6) is 0.803. The number of methoxy groups -OCH3 is 1. The number of nitrogens with one attached hydrogen (secondary N) is 1. The van der Waals surface area contributed by atoms with Crippen LogP contribution in [0.5, 0.6) is 5.75 Å². The van der Waals surface area contributed by atoms with E-state index in [1.807, 2.05) is 39.8 Å². The van der Waals surface area contributed by atoms with Crippen molar-refractivity contribution in [3.63, 3.8) is 0 Å². The number of alkyl carbamates (subject to hydrolysis) is 1. The Bertz CT molecular complexity index is 565. The Morgan fingerprint density at radius 3 is 2.48 bits per heavy atom. The average Bonchev–Trinajstić information content (AvgIpc) is 2.51. The van der Waals surface area contributed by atoms with Crippen LogP contribution in [0.25, 0.3) is 0 Å². The maximum Gasteiger partial charge on any atom is 0.407 e. The third-order valence-corrected chi connectivity index (χ3v) is 4.12. The number of ether oxygens (including phenoxy) is 2. The lowest BCUT2D eigenvalue weighted by molar-refractivity contribution is 0.0454. The molecule has 0 heterocycles. The van der Waals surface area contributed by atoms with E-state index in [1.165, 1.54) is 0 Å². The normalized spacial score (nSPS) is 13.9. The zero-order valence-electron chi connectivity index (χ0n) is 16.4. The minimum absolute atomic E-state index is 0.0201. The summed E-state index contributed by atoms with van der Waals surface area (Å²) in [6.07, 6.45) is 1.86. The first-order valence-electron chi connectivity index (χ1n) is 8.86. The maximum absolute atomic E-state index is 12.0. The van der Waals surface area contributed by atoms with Crippen LogP contribution in [0.2, 0.25) is 0 Å². The molecule has 2 N–H and O–H groups in total. The molecule has 5 heteroatoms. The van der Waals surface area contributed by atoms with E-state index in [9.17, 15) is 9.90 Å². The van der Waals surface area contributed by atoms with Crippen LogP contribution < -0.4 is 10.1 Å². The third kappa shape index (κ3) is 6.94. The number of rotatable bonds is 8. The molecule has 5 nitrogen and oxygen atoms in total. The maximum atomic E-state index is 12.0. The number of aryl methyl sites for hydroxylation is 1. The highest BCUT2D eigenvalue weighted by Gasteiger charge is 2.31. The van der Waals surface area contributed by atoms with Crippen LogP contribution in [0, 0.1) is 12.3 Å². The lowest BCUT2D eigenvalue weighted by Gasteiger charge is -2.33. The Morgan fingerprint density at radius 2 is 1.96 bits per heavy atom. The van der Waals surface area contributed by atoms with Gasteiger partial charge in [0.25, 0.3) is 0 Å². The molecule has 0 saturated carbocycles. The number of amides is 1. The molecule has 0 aliphatic heterocycles.